The van der Waals surface area contributed by atoms with Gasteiger partial charge in [0.1, 0.15) is 0 Å². The van der Waals surface area contributed by atoms with Crippen molar-refractivity contribution in [2.75, 3.05) is 5.32 Å². The summed E-state index contributed by atoms with van der Waals surface area (Å²) in [6, 6.07) is 6.79. The summed E-state index contributed by atoms with van der Waals surface area (Å²) in [6.45, 7) is 1.80. The van der Waals surface area contributed by atoms with E-state index in [2.05, 4.69) is 20.7 Å². The first-order valence-corrected chi connectivity index (χ1v) is 5.79. The highest BCUT2D eigenvalue weighted by Gasteiger charge is 2.13. The summed E-state index contributed by atoms with van der Waals surface area (Å²) >= 11 is 0. The van der Waals surface area contributed by atoms with Crippen LogP contribution in [0.3, 0.4) is 0 Å². The topological polar surface area (TPSA) is 113 Å². The highest BCUT2D eigenvalue weighted by atomic mass is 16.4. The molecule has 0 aliphatic rings. The van der Waals surface area contributed by atoms with Gasteiger partial charge in [0.25, 0.3) is 5.91 Å². The number of amides is 1. The average Bonchev–Trinajstić information content (AvgIpc) is 2.47. The molecule has 102 valence electrons. The van der Waals surface area contributed by atoms with E-state index in [1.807, 2.05) is 0 Å². The largest absolute Gasteiger partial charge is 0.409 e. The van der Waals surface area contributed by atoms with Crippen molar-refractivity contribution in [3.63, 3.8) is 0 Å². The van der Waals surface area contributed by atoms with Crippen LogP contribution in [-0.4, -0.2) is 27.1 Å². The Kier molecular flexibility index (Phi) is 3.90. The monoisotopic (exact) mass is 271 g/mol. The van der Waals surface area contributed by atoms with Crippen LogP contribution in [0.1, 0.15) is 21.5 Å². The maximum Gasteiger partial charge on any atom is 0.257 e. The van der Waals surface area contributed by atoms with Crippen molar-refractivity contribution < 1.29 is 10.0 Å². The highest BCUT2D eigenvalue weighted by molar-refractivity contribution is 6.10. The number of nitrogens with zero attached hydrogens (tertiary/aromatic N) is 3. The number of carbonyl (C=O) groups is 1. The van der Waals surface area contributed by atoms with Crippen molar-refractivity contribution in [2.45, 2.75) is 6.92 Å². The smallest absolute Gasteiger partial charge is 0.257 e. The van der Waals surface area contributed by atoms with Crippen LogP contribution in [0.5, 0.6) is 0 Å². The second-order valence-corrected chi connectivity index (χ2v) is 4.07. The van der Waals surface area contributed by atoms with Gasteiger partial charge in [-0.15, -0.1) is 0 Å². The Balaban J connectivity index is 2.35. The molecule has 1 amide bonds. The van der Waals surface area contributed by atoms with E-state index < -0.39 is 0 Å². The molecule has 0 radical (unpaired) electrons. The first-order valence-electron chi connectivity index (χ1n) is 5.79. The first-order chi connectivity index (χ1) is 9.63. The molecule has 0 fully saturated rings. The molecule has 0 aliphatic heterocycles. The van der Waals surface area contributed by atoms with Gasteiger partial charge in [0.15, 0.2) is 5.84 Å². The minimum absolute atomic E-state index is 0.0637. The zero-order chi connectivity index (χ0) is 14.5. The van der Waals surface area contributed by atoms with Crippen LogP contribution < -0.4 is 11.1 Å². The number of aryl methyl sites for hydroxylation is 1. The Morgan fingerprint density at radius 1 is 1.35 bits per heavy atom. The maximum atomic E-state index is 12.1. The van der Waals surface area contributed by atoms with E-state index >= 15 is 0 Å². The van der Waals surface area contributed by atoms with Crippen LogP contribution in [0.25, 0.3) is 0 Å². The number of nitrogens with one attached hydrogen (secondary N) is 1. The lowest BCUT2D eigenvalue weighted by molar-refractivity contribution is 0.102. The molecule has 0 saturated carbocycles. The van der Waals surface area contributed by atoms with Crippen molar-refractivity contribution >= 4 is 17.4 Å². The molecule has 7 heteroatoms. The summed E-state index contributed by atoms with van der Waals surface area (Å²) in [4.78, 5) is 12.1. The molecule has 20 heavy (non-hydrogen) atoms. The number of oxime groups is 1. The SMILES string of the molecule is Cc1cccc(NC(=O)c2ccnnc2)c1/C(N)=N/O. The fourth-order valence-electron chi connectivity index (χ4n) is 1.78. The molecule has 0 atom stereocenters. The summed E-state index contributed by atoms with van der Waals surface area (Å²) in [7, 11) is 0. The van der Waals surface area contributed by atoms with Crippen molar-refractivity contribution in [1.29, 1.82) is 0 Å². The van der Waals surface area contributed by atoms with Gasteiger partial charge in [-0.1, -0.05) is 17.3 Å². The van der Waals surface area contributed by atoms with E-state index in [0.29, 0.717) is 16.8 Å². The van der Waals surface area contributed by atoms with E-state index in [1.54, 1.807) is 31.2 Å². The van der Waals surface area contributed by atoms with Crippen molar-refractivity contribution in [2.24, 2.45) is 10.9 Å². The Morgan fingerprint density at radius 2 is 2.15 bits per heavy atom. The quantitative estimate of drug-likeness (QED) is 0.335. The molecule has 1 heterocycles. The number of amidine groups is 1. The van der Waals surface area contributed by atoms with Gasteiger partial charge in [0, 0.05) is 5.56 Å². The lowest BCUT2D eigenvalue weighted by Crippen LogP contribution is -2.20. The number of nitrogens with two attached hydrogens (primary N) is 1. The number of carbonyl (C=O) groups excluding carboxylic acids is 1. The van der Waals surface area contributed by atoms with E-state index in [0.717, 1.165) is 5.56 Å². The van der Waals surface area contributed by atoms with Gasteiger partial charge in [-0.2, -0.15) is 10.2 Å². The molecule has 2 aromatic rings. The number of hydrogen-bond acceptors (Lipinski definition) is 5. The second kappa shape index (κ2) is 5.79. The number of rotatable bonds is 3. The molecule has 1 aromatic carbocycles. The Hall–Kier alpha value is -2.96. The van der Waals surface area contributed by atoms with Gasteiger partial charge in [-0.3, -0.25) is 4.79 Å². The molecule has 4 N–H and O–H groups in total. The summed E-state index contributed by atoms with van der Waals surface area (Å²) in [5.74, 6) is -0.413. The van der Waals surface area contributed by atoms with Gasteiger partial charge in [0.2, 0.25) is 0 Å². The molecule has 7 nitrogen and oxygen atoms in total. The molecular formula is C13H13N5O2. The molecule has 0 aliphatic carbocycles. The Labute approximate surface area is 115 Å². The van der Waals surface area contributed by atoms with Crippen molar-refractivity contribution in [3.05, 3.63) is 53.3 Å². The van der Waals surface area contributed by atoms with E-state index in [9.17, 15) is 4.79 Å². The predicted molar refractivity (Wildman–Crippen MR) is 73.7 cm³/mol. The molecule has 0 bridgehead atoms. The third-order valence-corrected chi connectivity index (χ3v) is 2.73. The van der Waals surface area contributed by atoms with E-state index in [1.165, 1.54) is 12.4 Å². The molecule has 1 aromatic heterocycles. The fourth-order valence-corrected chi connectivity index (χ4v) is 1.78. The van der Waals surface area contributed by atoms with Crippen LogP contribution in [0, 0.1) is 6.92 Å². The third-order valence-electron chi connectivity index (χ3n) is 2.73. The van der Waals surface area contributed by atoms with Crippen LogP contribution in [0.15, 0.2) is 41.8 Å². The zero-order valence-electron chi connectivity index (χ0n) is 10.7. The normalized spacial score (nSPS) is 11.2. The number of hydrogen-bond donors (Lipinski definition) is 3. The molecule has 2 rings (SSSR count). The highest BCUT2D eigenvalue weighted by Crippen LogP contribution is 2.20. The van der Waals surface area contributed by atoms with E-state index in [-0.39, 0.29) is 11.7 Å². The summed E-state index contributed by atoms with van der Waals surface area (Å²) in [6.07, 6.45) is 2.78. The van der Waals surface area contributed by atoms with E-state index in [4.69, 9.17) is 10.9 Å². The van der Waals surface area contributed by atoms with Crippen LogP contribution in [0.4, 0.5) is 5.69 Å². The summed E-state index contributed by atoms with van der Waals surface area (Å²) in [5, 5.41) is 21.8. The first kappa shape index (κ1) is 13.5. The number of anilines is 1. The standard InChI is InChI=1S/C13H13N5O2/c1-8-3-2-4-10(11(8)12(14)18-20)17-13(19)9-5-6-15-16-7-9/h2-7,20H,1H3,(H2,14,18)(H,17,19). The lowest BCUT2D eigenvalue weighted by atomic mass is 10.1. The van der Waals surface area contributed by atoms with Gasteiger partial charge >= 0.3 is 0 Å². The second-order valence-electron chi connectivity index (χ2n) is 4.07. The average molecular weight is 271 g/mol. The molecular weight excluding hydrogens is 258 g/mol. The van der Waals surface area contributed by atoms with Gasteiger partial charge < -0.3 is 16.3 Å². The summed E-state index contributed by atoms with van der Waals surface area (Å²) < 4.78 is 0. The predicted octanol–water partition coefficient (Wildman–Crippen LogP) is 1.13. The van der Waals surface area contributed by atoms with Gasteiger partial charge in [-0.05, 0) is 24.6 Å². The molecule has 0 unspecified atom stereocenters. The van der Waals surface area contributed by atoms with Crippen LogP contribution in [-0.2, 0) is 0 Å². The van der Waals surface area contributed by atoms with Gasteiger partial charge in [-0.25, -0.2) is 0 Å². The van der Waals surface area contributed by atoms with Gasteiger partial charge in [0.05, 0.1) is 23.6 Å². The van der Waals surface area contributed by atoms with Crippen molar-refractivity contribution in [1.82, 2.24) is 10.2 Å². The number of benzene rings is 1. The Bertz CT molecular complexity index is 655. The van der Waals surface area contributed by atoms with Crippen molar-refractivity contribution in [3.8, 4) is 0 Å². The zero-order valence-corrected chi connectivity index (χ0v) is 10.7. The molecule has 0 spiro atoms. The number of aromatic nitrogens is 2. The summed E-state index contributed by atoms with van der Waals surface area (Å²) in [5.41, 5.74) is 7.73. The fraction of sp³-hybridized carbons (Fsp3) is 0.0769. The minimum Gasteiger partial charge on any atom is -0.409 e. The third kappa shape index (κ3) is 2.72. The molecule has 0 saturated heterocycles. The lowest BCUT2D eigenvalue weighted by Gasteiger charge is -2.12. The minimum atomic E-state index is -0.350. The maximum absolute atomic E-state index is 12.1. The Morgan fingerprint density at radius 3 is 2.80 bits per heavy atom. The van der Waals surface area contributed by atoms with Crippen LogP contribution >= 0.6 is 0 Å². The van der Waals surface area contributed by atoms with Crippen LogP contribution in [0.2, 0.25) is 0 Å².